The Morgan fingerprint density at radius 2 is 2.05 bits per heavy atom. The molecule has 0 saturated carbocycles. The third kappa shape index (κ3) is 3.29. The van der Waals surface area contributed by atoms with Crippen molar-refractivity contribution in [3.63, 3.8) is 0 Å². The van der Waals surface area contributed by atoms with Gasteiger partial charge in [-0.05, 0) is 37.3 Å². The summed E-state index contributed by atoms with van der Waals surface area (Å²) in [4.78, 5) is 0. The summed E-state index contributed by atoms with van der Waals surface area (Å²) in [5.74, 6) is 0.157. The van der Waals surface area contributed by atoms with Crippen LogP contribution >= 0.6 is 11.6 Å². The van der Waals surface area contributed by atoms with Crippen LogP contribution in [0, 0.1) is 5.82 Å². The summed E-state index contributed by atoms with van der Waals surface area (Å²) in [5, 5.41) is 3.31. The highest BCUT2D eigenvalue weighted by molar-refractivity contribution is 6.30. The first-order valence-electron chi connectivity index (χ1n) is 5.84. The number of halogens is 2. The molecule has 0 heterocycles. The fraction of sp³-hybridized carbons (Fsp3) is 0.143. The monoisotopic (exact) mass is 280 g/mol. The van der Waals surface area contributed by atoms with Crippen LogP contribution < -0.4 is 15.8 Å². The van der Waals surface area contributed by atoms with Crippen molar-refractivity contribution in [1.29, 1.82) is 0 Å². The lowest BCUT2D eigenvalue weighted by atomic mass is 10.2. The van der Waals surface area contributed by atoms with Crippen LogP contribution in [0.5, 0.6) is 5.75 Å². The van der Waals surface area contributed by atoms with Crippen molar-refractivity contribution >= 4 is 28.7 Å². The highest BCUT2D eigenvalue weighted by Gasteiger charge is 2.06. The van der Waals surface area contributed by atoms with Crippen LogP contribution in [-0.2, 0) is 0 Å². The van der Waals surface area contributed by atoms with E-state index in [2.05, 4.69) is 5.32 Å². The summed E-state index contributed by atoms with van der Waals surface area (Å²) < 4.78 is 19.0. The van der Waals surface area contributed by atoms with Gasteiger partial charge in [0.25, 0.3) is 0 Å². The van der Waals surface area contributed by atoms with Gasteiger partial charge in [0, 0.05) is 16.8 Å². The number of anilines is 3. The number of nitrogens with one attached hydrogen (secondary N) is 1. The molecule has 0 saturated heterocycles. The second kappa shape index (κ2) is 5.80. The topological polar surface area (TPSA) is 47.3 Å². The average molecular weight is 281 g/mol. The number of rotatable bonds is 4. The number of hydrogen-bond acceptors (Lipinski definition) is 3. The maximum Gasteiger partial charge on any atom is 0.148 e. The van der Waals surface area contributed by atoms with Crippen molar-refractivity contribution in [2.45, 2.75) is 6.92 Å². The molecule has 19 heavy (non-hydrogen) atoms. The number of nitrogen functional groups attached to an aromatic ring is 1. The molecular weight excluding hydrogens is 267 g/mol. The lowest BCUT2D eigenvalue weighted by Crippen LogP contribution is -1.99. The van der Waals surface area contributed by atoms with Crippen molar-refractivity contribution in [3.05, 3.63) is 47.2 Å². The van der Waals surface area contributed by atoms with E-state index >= 15 is 0 Å². The second-order valence-electron chi connectivity index (χ2n) is 3.93. The van der Waals surface area contributed by atoms with E-state index in [-0.39, 0.29) is 0 Å². The number of hydrogen-bond donors (Lipinski definition) is 2. The van der Waals surface area contributed by atoms with Crippen LogP contribution in [0.15, 0.2) is 36.4 Å². The number of ether oxygens (including phenoxy) is 1. The van der Waals surface area contributed by atoms with E-state index in [0.29, 0.717) is 34.4 Å². The first-order chi connectivity index (χ1) is 9.10. The molecule has 0 bridgehead atoms. The van der Waals surface area contributed by atoms with Gasteiger partial charge in [0.05, 0.1) is 18.0 Å². The minimum Gasteiger partial charge on any atom is -0.492 e. The number of benzene rings is 2. The fourth-order valence-electron chi connectivity index (χ4n) is 1.64. The largest absolute Gasteiger partial charge is 0.492 e. The van der Waals surface area contributed by atoms with Crippen LogP contribution in [0.4, 0.5) is 21.5 Å². The lowest BCUT2D eigenvalue weighted by molar-refractivity contribution is 0.342. The van der Waals surface area contributed by atoms with Gasteiger partial charge in [-0.25, -0.2) is 4.39 Å². The van der Waals surface area contributed by atoms with Crippen LogP contribution in [0.2, 0.25) is 5.02 Å². The molecule has 5 heteroatoms. The Morgan fingerprint density at radius 3 is 2.74 bits per heavy atom. The minimum absolute atomic E-state index is 0.344. The van der Waals surface area contributed by atoms with Crippen molar-refractivity contribution < 1.29 is 9.13 Å². The maximum atomic E-state index is 13.7. The summed E-state index contributed by atoms with van der Waals surface area (Å²) in [7, 11) is 0. The zero-order valence-electron chi connectivity index (χ0n) is 10.4. The van der Waals surface area contributed by atoms with Gasteiger partial charge in [-0.2, -0.15) is 0 Å². The third-order valence-corrected chi connectivity index (χ3v) is 2.76. The van der Waals surface area contributed by atoms with Gasteiger partial charge in [-0.3, -0.25) is 0 Å². The molecule has 2 aromatic carbocycles. The third-order valence-electron chi connectivity index (χ3n) is 2.52. The molecule has 0 atom stereocenters. The van der Waals surface area contributed by atoms with Gasteiger partial charge in [-0.1, -0.05) is 11.6 Å². The molecule has 3 nitrogen and oxygen atoms in total. The van der Waals surface area contributed by atoms with Crippen molar-refractivity contribution in [1.82, 2.24) is 0 Å². The molecular formula is C14H14ClFN2O. The molecule has 0 aliphatic heterocycles. The SMILES string of the molecule is CCOc1cc(Nc2ccc(Cl)cc2F)ccc1N. The minimum atomic E-state index is -0.415. The Morgan fingerprint density at radius 1 is 1.26 bits per heavy atom. The molecule has 0 aliphatic rings. The predicted octanol–water partition coefficient (Wildman–Crippen LogP) is 4.20. The smallest absolute Gasteiger partial charge is 0.148 e. The van der Waals surface area contributed by atoms with E-state index in [0.717, 1.165) is 0 Å². The first-order valence-corrected chi connectivity index (χ1v) is 6.22. The molecule has 2 aromatic rings. The second-order valence-corrected chi connectivity index (χ2v) is 4.37. The van der Waals surface area contributed by atoms with Gasteiger partial charge in [-0.15, -0.1) is 0 Å². The van der Waals surface area contributed by atoms with E-state index < -0.39 is 5.82 Å². The normalized spacial score (nSPS) is 10.3. The maximum absolute atomic E-state index is 13.7. The molecule has 0 unspecified atom stereocenters. The van der Waals surface area contributed by atoms with Gasteiger partial charge in [0.2, 0.25) is 0 Å². The van der Waals surface area contributed by atoms with E-state index in [1.54, 1.807) is 30.3 Å². The summed E-state index contributed by atoms with van der Waals surface area (Å²) >= 11 is 5.70. The summed E-state index contributed by atoms with van der Waals surface area (Å²) in [6.07, 6.45) is 0. The Kier molecular flexibility index (Phi) is 4.12. The van der Waals surface area contributed by atoms with Gasteiger partial charge in [0.1, 0.15) is 11.6 Å². The molecule has 0 amide bonds. The van der Waals surface area contributed by atoms with E-state index in [1.807, 2.05) is 6.92 Å². The van der Waals surface area contributed by atoms with E-state index in [1.165, 1.54) is 6.07 Å². The lowest BCUT2D eigenvalue weighted by Gasteiger charge is -2.11. The zero-order valence-corrected chi connectivity index (χ0v) is 11.2. The molecule has 0 aromatic heterocycles. The van der Waals surface area contributed by atoms with Gasteiger partial charge < -0.3 is 15.8 Å². The van der Waals surface area contributed by atoms with Crippen molar-refractivity contribution in [3.8, 4) is 5.75 Å². The quantitative estimate of drug-likeness (QED) is 0.825. The molecule has 0 spiro atoms. The van der Waals surface area contributed by atoms with E-state index in [9.17, 15) is 4.39 Å². The molecule has 0 radical (unpaired) electrons. The summed E-state index contributed by atoms with van der Waals surface area (Å²) in [5.41, 5.74) is 7.36. The first kappa shape index (κ1) is 13.5. The molecule has 0 aliphatic carbocycles. The van der Waals surface area contributed by atoms with Crippen LogP contribution in [-0.4, -0.2) is 6.61 Å². The van der Waals surface area contributed by atoms with Crippen LogP contribution in [0.1, 0.15) is 6.92 Å². The van der Waals surface area contributed by atoms with Crippen LogP contribution in [0.25, 0.3) is 0 Å². The summed E-state index contributed by atoms with van der Waals surface area (Å²) in [6, 6.07) is 9.65. The average Bonchev–Trinajstić information content (AvgIpc) is 2.37. The van der Waals surface area contributed by atoms with E-state index in [4.69, 9.17) is 22.1 Å². The van der Waals surface area contributed by atoms with Gasteiger partial charge in [0.15, 0.2) is 0 Å². The van der Waals surface area contributed by atoms with Crippen molar-refractivity contribution in [2.24, 2.45) is 0 Å². The fourth-order valence-corrected chi connectivity index (χ4v) is 1.80. The zero-order chi connectivity index (χ0) is 13.8. The van der Waals surface area contributed by atoms with Gasteiger partial charge >= 0.3 is 0 Å². The molecule has 0 fully saturated rings. The van der Waals surface area contributed by atoms with Crippen molar-refractivity contribution in [2.75, 3.05) is 17.7 Å². The predicted molar refractivity (Wildman–Crippen MR) is 76.7 cm³/mol. The Hall–Kier alpha value is -1.94. The molecule has 2 rings (SSSR count). The Labute approximate surface area is 116 Å². The van der Waals surface area contributed by atoms with Crippen LogP contribution in [0.3, 0.4) is 0 Å². The molecule has 100 valence electrons. The highest BCUT2D eigenvalue weighted by Crippen LogP contribution is 2.29. The highest BCUT2D eigenvalue weighted by atomic mass is 35.5. The Bertz CT molecular complexity index is 590. The molecule has 3 N–H and O–H groups in total. The Balaban J connectivity index is 2.25. The summed E-state index contributed by atoms with van der Waals surface area (Å²) in [6.45, 7) is 2.39. The number of nitrogens with two attached hydrogens (primary N) is 1. The standard InChI is InChI=1S/C14H14ClFN2O/c1-2-19-14-8-10(4-5-12(14)17)18-13-6-3-9(15)7-11(13)16/h3-8,18H,2,17H2,1H3.